The highest BCUT2D eigenvalue weighted by molar-refractivity contribution is 5.51. The number of carbonyl (C=O) groups excluding carboxylic acids is 1. The molecule has 0 radical (unpaired) electrons. The van der Waals surface area contributed by atoms with Crippen LogP contribution >= 0.6 is 0 Å². The van der Waals surface area contributed by atoms with Crippen molar-refractivity contribution in [2.24, 2.45) is 0 Å². The Morgan fingerprint density at radius 1 is 1.30 bits per heavy atom. The van der Waals surface area contributed by atoms with E-state index in [1.165, 1.54) is 5.06 Å². The molecule has 1 aliphatic heterocycles. The Bertz CT molecular complexity index is 110. The molecule has 1 fully saturated rings. The van der Waals surface area contributed by atoms with Crippen LogP contribution in [-0.4, -0.2) is 54.2 Å². The first-order valence-electron chi connectivity index (χ1n) is 3.43. The molecule has 58 valence electrons. The van der Waals surface area contributed by atoms with Crippen molar-refractivity contribution < 1.29 is 10.0 Å². The molecule has 0 aromatic carbocycles. The molecule has 4 nitrogen and oxygen atoms in total. The van der Waals surface area contributed by atoms with Crippen LogP contribution in [0.1, 0.15) is 0 Å². The molecule has 0 aliphatic carbocycles. The molecule has 1 rings (SSSR count). The molecule has 1 heterocycles. The Morgan fingerprint density at radius 3 is 2.40 bits per heavy atom. The minimum Gasteiger partial charge on any atom is -0.314 e. The molecule has 10 heavy (non-hydrogen) atoms. The van der Waals surface area contributed by atoms with E-state index < -0.39 is 0 Å². The number of hydrogen-bond donors (Lipinski definition) is 1. The highest BCUT2D eigenvalue weighted by atomic mass is 16.5. The fraction of sp³-hybridized carbons (Fsp3) is 0.833. The summed E-state index contributed by atoms with van der Waals surface area (Å²) in [5.41, 5.74) is 0. The average molecular weight is 144 g/mol. The summed E-state index contributed by atoms with van der Waals surface area (Å²) in [6, 6.07) is 0. The fourth-order valence-corrected chi connectivity index (χ4v) is 1.03. The smallest absolute Gasteiger partial charge is 0.133 e. The maximum absolute atomic E-state index is 10.0. The van der Waals surface area contributed by atoms with Gasteiger partial charge in [-0.25, -0.2) is 0 Å². The topological polar surface area (TPSA) is 43.8 Å². The van der Waals surface area contributed by atoms with E-state index in [0.29, 0.717) is 19.6 Å². The van der Waals surface area contributed by atoms with E-state index in [2.05, 4.69) is 0 Å². The van der Waals surface area contributed by atoms with Gasteiger partial charge in [-0.2, -0.15) is 5.06 Å². The third-order valence-electron chi connectivity index (χ3n) is 1.68. The van der Waals surface area contributed by atoms with Gasteiger partial charge in [0.2, 0.25) is 0 Å². The summed E-state index contributed by atoms with van der Waals surface area (Å²) in [6.07, 6.45) is 0.896. The molecule has 0 saturated carbocycles. The van der Waals surface area contributed by atoms with Crippen LogP contribution in [0.5, 0.6) is 0 Å². The van der Waals surface area contributed by atoms with Crippen molar-refractivity contribution in [2.75, 3.05) is 32.7 Å². The standard InChI is InChI=1S/C6H12N2O2/c9-6-5-7-1-3-8(10)4-2-7/h6,10H,1-5H2. The zero-order valence-corrected chi connectivity index (χ0v) is 5.86. The van der Waals surface area contributed by atoms with Gasteiger partial charge >= 0.3 is 0 Å². The number of piperazine rings is 1. The second-order valence-corrected chi connectivity index (χ2v) is 2.42. The van der Waals surface area contributed by atoms with Crippen LogP contribution in [0.2, 0.25) is 0 Å². The van der Waals surface area contributed by atoms with E-state index >= 15 is 0 Å². The quantitative estimate of drug-likeness (QED) is 0.515. The van der Waals surface area contributed by atoms with E-state index in [1.54, 1.807) is 0 Å². The molecule has 4 heteroatoms. The molecule has 1 saturated heterocycles. The molecule has 0 atom stereocenters. The highest BCUT2D eigenvalue weighted by Gasteiger charge is 2.13. The maximum atomic E-state index is 10.0. The summed E-state index contributed by atoms with van der Waals surface area (Å²) in [4.78, 5) is 12.1. The molecule has 1 aliphatic rings. The predicted molar refractivity (Wildman–Crippen MR) is 35.9 cm³/mol. The van der Waals surface area contributed by atoms with Crippen LogP contribution in [0.4, 0.5) is 0 Å². The van der Waals surface area contributed by atoms with E-state index in [0.717, 1.165) is 19.4 Å². The fourth-order valence-electron chi connectivity index (χ4n) is 1.03. The zero-order valence-electron chi connectivity index (χ0n) is 5.86. The Morgan fingerprint density at radius 2 is 1.90 bits per heavy atom. The van der Waals surface area contributed by atoms with Crippen molar-refractivity contribution >= 4 is 6.29 Å². The molecule has 1 N–H and O–H groups in total. The number of hydrogen-bond acceptors (Lipinski definition) is 4. The summed E-state index contributed by atoms with van der Waals surface area (Å²) < 4.78 is 0. The zero-order chi connectivity index (χ0) is 7.40. The van der Waals surface area contributed by atoms with Gasteiger partial charge in [-0.1, -0.05) is 0 Å². The number of rotatable bonds is 2. The molecule has 0 spiro atoms. The van der Waals surface area contributed by atoms with Crippen LogP contribution in [-0.2, 0) is 4.79 Å². The lowest BCUT2D eigenvalue weighted by Crippen LogP contribution is -2.45. The van der Waals surface area contributed by atoms with Crippen molar-refractivity contribution in [1.82, 2.24) is 9.96 Å². The van der Waals surface area contributed by atoms with Gasteiger partial charge in [0, 0.05) is 26.2 Å². The lowest BCUT2D eigenvalue weighted by atomic mass is 10.3. The molecule has 0 amide bonds. The molecule has 0 unspecified atom stereocenters. The average Bonchev–Trinajstić information content (AvgIpc) is 1.95. The van der Waals surface area contributed by atoms with E-state index in [4.69, 9.17) is 5.21 Å². The van der Waals surface area contributed by atoms with E-state index in [9.17, 15) is 4.79 Å². The SMILES string of the molecule is O=CCN1CCN(O)CC1. The minimum atomic E-state index is 0.494. The number of aldehydes is 1. The van der Waals surface area contributed by atoms with Crippen LogP contribution in [0.25, 0.3) is 0 Å². The Labute approximate surface area is 60.0 Å². The number of nitrogens with zero attached hydrogens (tertiary/aromatic N) is 2. The summed E-state index contributed by atoms with van der Waals surface area (Å²) in [5, 5.41) is 10.2. The first kappa shape index (κ1) is 7.65. The summed E-state index contributed by atoms with van der Waals surface area (Å²) in [6.45, 7) is 3.36. The molecule has 0 bridgehead atoms. The van der Waals surface area contributed by atoms with Gasteiger partial charge < -0.3 is 10.0 Å². The van der Waals surface area contributed by atoms with Gasteiger partial charge in [0.1, 0.15) is 6.29 Å². The van der Waals surface area contributed by atoms with E-state index in [-0.39, 0.29) is 0 Å². The van der Waals surface area contributed by atoms with E-state index in [1.807, 2.05) is 4.90 Å². The van der Waals surface area contributed by atoms with Gasteiger partial charge in [0.15, 0.2) is 0 Å². The van der Waals surface area contributed by atoms with Gasteiger partial charge in [-0.3, -0.25) is 4.90 Å². The summed E-state index contributed by atoms with van der Waals surface area (Å²) in [7, 11) is 0. The molecular formula is C6H12N2O2. The van der Waals surface area contributed by atoms with Crippen LogP contribution in [0.15, 0.2) is 0 Å². The van der Waals surface area contributed by atoms with Crippen molar-refractivity contribution in [1.29, 1.82) is 0 Å². The third kappa shape index (κ3) is 2.06. The second-order valence-electron chi connectivity index (χ2n) is 2.42. The minimum absolute atomic E-state index is 0.494. The van der Waals surface area contributed by atoms with Crippen LogP contribution in [0, 0.1) is 0 Å². The number of carbonyl (C=O) groups is 1. The predicted octanol–water partition coefficient (Wildman–Crippen LogP) is -0.808. The van der Waals surface area contributed by atoms with Crippen molar-refractivity contribution in [3.05, 3.63) is 0 Å². The van der Waals surface area contributed by atoms with Gasteiger partial charge in [-0.05, 0) is 0 Å². The van der Waals surface area contributed by atoms with Crippen molar-refractivity contribution in [3.8, 4) is 0 Å². The Kier molecular flexibility index (Phi) is 2.80. The van der Waals surface area contributed by atoms with Gasteiger partial charge in [0.05, 0.1) is 6.54 Å². The highest BCUT2D eigenvalue weighted by Crippen LogP contribution is 1.95. The molecule has 0 aromatic heterocycles. The summed E-state index contributed by atoms with van der Waals surface area (Å²) >= 11 is 0. The van der Waals surface area contributed by atoms with Crippen LogP contribution < -0.4 is 0 Å². The largest absolute Gasteiger partial charge is 0.314 e. The summed E-state index contributed by atoms with van der Waals surface area (Å²) in [5.74, 6) is 0. The van der Waals surface area contributed by atoms with Gasteiger partial charge in [-0.15, -0.1) is 0 Å². The van der Waals surface area contributed by atoms with Crippen molar-refractivity contribution in [2.45, 2.75) is 0 Å². The normalized spacial score (nSPS) is 22.9. The molecular weight excluding hydrogens is 132 g/mol. The molecule has 0 aromatic rings. The number of hydroxylamine groups is 2. The van der Waals surface area contributed by atoms with Crippen LogP contribution in [0.3, 0.4) is 0 Å². The third-order valence-corrected chi connectivity index (χ3v) is 1.68. The first-order chi connectivity index (χ1) is 4.83. The second kappa shape index (κ2) is 3.65. The monoisotopic (exact) mass is 144 g/mol. The first-order valence-corrected chi connectivity index (χ1v) is 3.43. The Hall–Kier alpha value is -0.450. The Balaban J connectivity index is 2.19. The maximum Gasteiger partial charge on any atom is 0.133 e. The lowest BCUT2D eigenvalue weighted by Gasteiger charge is -2.29. The van der Waals surface area contributed by atoms with Gasteiger partial charge in [0.25, 0.3) is 0 Å². The van der Waals surface area contributed by atoms with Crippen molar-refractivity contribution in [3.63, 3.8) is 0 Å². The lowest BCUT2D eigenvalue weighted by molar-refractivity contribution is -0.123.